The van der Waals surface area contributed by atoms with Crippen LogP contribution in [0.25, 0.3) is 33.3 Å². The Hall–Kier alpha value is -3.51. The van der Waals surface area contributed by atoms with Gasteiger partial charge in [0, 0.05) is 21.6 Å². The predicted molar refractivity (Wildman–Crippen MR) is 133 cm³/mol. The van der Waals surface area contributed by atoms with Crippen LogP contribution in [0.15, 0.2) is 88.4 Å². The molecule has 0 aliphatic heterocycles. The van der Waals surface area contributed by atoms with Gasteiger partial charge in [0.2, 0.25) is 0 Å². The van der Waals surface area contributed by atoms with Crippen LogP contribution in [0.5, 0.6) is 5.75 Å². The van der Waals surface area contributed by atoms with E-state index in [1.54, 1.807) is 6.21 Å². The third kappa shape index (κ3) is 5.21. The van der Waals surface area contributed by atoms with Crippen LogP contribution in [0.2, 0.25) is 0 Å². The van der Waals surface area contributed by atoms with E-state index in [0.29, 0.717) is 5.75 Å². The number of hydrogen-bond donors (Lipinski definition) is 1. The number of nitrogens with zero attached hydrogens (tertiary/aromatic N) is 2. The van der Waals surface area contributed by atoms with Crippen molar-refractivity contribution in [1.29, 1.82) is 0 Å². The highest BCUT2D eigenvalue weighted by Gasteiger charge is 2.10. The number of amides is 1. The van der Waals surface area contributed by atoms with Gasteiger partial charge in [0.25, 0.3) is 5.91 Å². The number of rotatable bonds is 7. The largest absolute Gasteiger partial charge is 0.484 e. The SMILES string of the molecule is CC/C=N/NC(=O)COc1ccc(-c2cc(-c3ccccc3)c3cc(Br)ccc3n2)cc1. The van der Waals surface area contributed by atoms with Crippen LogP contribution in [0, 0.1) is 0 Å². The average Bonchev–Trinajstić information content (AvgIpc) is 2.83. The summed E-state index contributed by atoms with van der Waals surface area (Å²) >= 11 is 3.58. The Morgan fingerprint density at radius 3 is 2.56 bits per heavy atom. The Labute approximate surface area is 195 Å². The fourth-order valence-corrected chi connectivity index (χ4v) is 3.68. The van der Waals surface area contributed by atoms with Gasteiger partial charge in [-0.1, -0.05) is 53.2 Å². The molecule has 3 aromatic carbocycles. The van der Waals surface area contributed by atoms with Crippen LogP contribution < -0.4 is 10.2 Å². The van der Waals surface area contributed by atoms with Crippen LogP contribution in [0.1, 0.15) is 13.3 Å². The molecule has 0 atom stereocenters. The maximum atomic E-state index is 11.7. The van der Waals surface area contributed by atoms with Gasteiger partial charge in [-0.3, -0.25) is 4.79 Å². The number of fused-ring (bicyclic) bond motifs is 1. The topological polar surface area (TPSA) is 63.6 Å². The number of carbonyl (C=O) groups is 1. The lowest BCUT2D eigenvalue weighted by molar-refractivity contribution is -0.123. The van der Waals surface area contributed by atoms with Crippen molar-refractivity contribution in [1.82, 2.24) is 10.4 Å². The molecule has 0 aliphatic rings. The number of pyridine rings is 1. The number of halogens is 1. The Kier molecular flexibility index (Phi) is 6.92. The average molecular weight is 488 g/mol. The summed E-state index contributed by atoms with van der Waals surface area (Å²) in [6, 6.07) is 26.1. The summed E-state index contributed by atoms with van der Waals surface area (Å²) in [5, 5.41) is 4.89. The minimum absolute atomic E-state index is 0.0956. The summed E-state index contributed by atoms with van der Waals surface area (Å²) in [5.74, 6) is 0.310. The third-order valence-corrected chi connectivity index (χ3v) is 5.33. The number of aromatic nitrogens is 1. The van der Waals surface area contributed by atoms with Gasteiger partial charge >= 0.3 is 0 Å². The minimum atomic E-state index is -0.298. The molecule has 5 nitrogen and oxygen atoms in total. The van der Waals surface area contributed by atoms with Gasteiger partial charge in [-0.05, 0) is 66.1 Å². The number of hydrazone groups is 1. The molecular weight excluding hydrogens is 466 g/mol. The molecule has 32 heavy (non-hydrogen) atoms. The smallest absolute Gasteiger partial charge is 0.277 e. The van der Waals surface area contributed by atoms with Crippen LogP contribution in [0.3, 0.4) is 0 Å². The molecular formula is C26H22BrN3O2. The van der Waals surface area contributed by atoms with Crippen molar-refractivity contribution in [2.24, 2.45) is 5.10 Å². The summed E-state index contributed by atoms with van der Waals surface area (Å²) < 4.78 is 6.57. The molecule has 1 N–H and O–H groups in total. The van der Waals surface area contributed by atoms with E-state index in [2.05, 4.69) is 50.7 Å². The molecule has 0 saturated carbocycles. The molecule has 0 saturated heterocycles. The molecule has 0 fully saturated rings. The normalized spacial score (nSPS) is 11.1. The van der Waals surface area contributed by atoms with Crippen molar-refractivity contribution in [3.05, 3.63) is 83.3 Å². The highest BCUT2D eigenvalue weighted by molar-refractivity contribution is 9.10. The number of nitrogens with one attached hydrogen (secondary N) is 1. The molecule has 0 spiro atoms. The summed E-state index contributed by atoms with van der Waals surface area (Å²) in [6.45, 7) is 1.85. The fraction of sp³-hybridized carbons (Fsp3) is 0.115. The zero-order valence-corrected chi connectivity index (χ0v) is 19.2. The number of carbonyl (C=O) groups excluding carboxylic acids is 1. The monoisotopic (exact) mass is 487 g/mol. The Balaban J connectivity index is 1.60. The van der Waals surface area contributed by atoms with E-state index >= 15 is 0 Å². The summed E-state index contributed by atoms with van der Waals surface area (Å²) in [7, 11) is 0. The van der Waals surface area contributed by atoms with Gasteiger partial charge in [-0.25, -0.2) is 10.4 Å². The molecule has 1 heterocycles. The molecule has 0 aliphatic carbocycles. The second-order valence-corrected chi connectivity index (χ2v) is 8.07. The highest BCUT2D eigenvalue weighted by atomic mass is 79.9. The molecule has 0 radical (unpaired) electrons. The fourth-order valence-electron chi connectivity index (χ4n) is 3.31. The van der Waals surface area contributed by atoms with Gasteiger partial charge in [0.15, 0.2) is 6.61 Å². The number of benzene rings is 3. The lowest BCUT2D eigenvalue weighted by atomic mass is 9.98. The summed E-state index contributed by atoms with van der Waals surface area (Å²) in [6.07, 6.45) is 2.39. The highest BCUT2D eigenvalue weighted by Crippen LogP contribution is 2.33. The van der Waals surface area contributed by atoms with Gasteiger partial charge < -0.3 is 4.74 Å². The molecule has 1 amide bonds. The predicted octanol–water partition coefficient (Wildman–Crippen LogP) is 6.22. The quantitative estimate of drug-likeness (QED) is 0.248. The molecule has 6 heteroatoms. The van der Waals surface area contributed by atoms with E-state index in [-0.39, 0.29) is 12.5 Å². The summed E-state index contributed by atoms with van der Waals surface area (Å²) in [5.41, 5.74) is 7.45. The number of hydrogen-bond acceptors (Lipinski definition) is 4. The maximum absolute atomic E-state index is 11.7. The Bertz CT molecular complexity index is 1260. The van der Waals surface area contributed by atoms with Crippen molar-refractivity contribution in [3.8, 4) is 28.1 Å². The van der Waals surface area contributed by atoms with E-state index < -0.39 is 0 Å². The standard InChI is InChI=1S/C26H22BrN3O2/c1-2-14-28-30-26(31)17-32-21-11-8-19(9-12-21)25-16-22(18-6-4-3-5-7-18)23-15-20(27)10-13-24(23)29-25/h3-16H,2,17H2,1H3,(H,30,31)/b28-14+. The maximum Gasteiger partial charge on any atom is 0.277 e. The lowest BCUT2D eigenvalue weighted by Crippen LogP contribution is -2.24. The molecule has 4 rings (SSSR count). The number of ether oxygens (including phenoxy) is 1. The van der Waals surface area contributed by atoms with Crippen LogP contribution >= 0.6 is 15.9 Å². The van der Waals surface area contributed by atoms with Gasteiger partial charge in [-0.2, -0.15) is 5.10 Å². The minimum Gasteiger partial charge on any atom is -0.484 e. The van der Waals surface area contributed by atoms with Gasteiger partial charge in [-0.15, -0.1) is 0 Å². The first-order valence-corrected chi connectivity index (χ1v) is 11.1. The lowest BCUT2D eigenvalue weighted by Gasteiger charge is -2.11. The Morgan fingerprint density at radius 2 is 1.81 bits per heavy atom. The first kappa shape index (κ1) is 21.7. The van der Waals surface area contributed by atoms with Crippen molar-refractivity contribution >= 4 is 39.0 Å². The Morgan fingerprint density at radius 1 is 1.03 bits per heavy atom. The summed E-state index contributed by atoms with van der Waals surface area (Å²) in [4.78, 5) is 16.6. The zero-order chi connectivity index (χ0) is 22.3. The van der Waals surface area contributed by atoms with E-state index in [4.69, 9.17) is 9.72 Å². The molecule has 160 valence electrons. The first-order chi connectivity index (χ1) is 15.6. The van der Waals surface area contributed by atoms with E-state index in [0.717, 1.165) is 44.2 Å². The molecule has 0 bridgehead atoms. The van der Waals surface area contributed by atoms with Gasteiger partial charge in [0.1, 0.15) is 5.75 Å². The molecule has 1 aromatic heterocycles. The molecule has 0 unspecified atom stereocenters. The second-order valence-electron chi connectivity index (χ2n) is 7.15. The van der Waals surface area contributed by atoms with Gasteiger partial charge in [0.05, 0.1) is 11.2 Å². The first-order valence-electron chi connectivity index (χ1n) is 10.3. The van der Waals surface area contributed by atoms with Crippen molar-refractivity contribution in [2.45, 2.75) is 13.3 Å². The van der Waals surface area contributed by atoms with E-state index in [1.807, 2.05) is 61.5 Å². The van der Waals surface area contributed by atoms with Crippen molar-refractivity contribution < 1.29 is 9.53 Å². The zero-order valence-electron chi connectivity index (χ0n) is 17.6. The van der Waals surface area contributed by atoms with Crippen molar-refractivity contribution in [2.75, 3.05) is 6.61 Å². The van der Waals surface area contributed by atoms with Crippen LogP contribution in [-0.4, -0.2) is 23.7 Å². The van der Waals surface area contributed by atoms with Crippen LogP contribution in [0.4, 0.5) is 0 Å². The van der Waals surface area contributed by atoms with Crippen LogP contribution in [-0.2, 0) is 4.79 Å². The van der Waals surface area contributed by atoms with E-state index in [1.165, 1.54) is 0 Å². The molecule has 4 aromatic rings. The van der Waals surface area contributed by atoms with Crippen molar-refractivity contribution in [3.63, 3.8) is 0 Å². The van der Waals surface area contributed by atoms with E-state index in [9.17, 15) is 4.79 Å². The third-order valence-electron chi connectivity index (χ3n) is 4.84. The second kappa shape index (κ2) is 10.2.